The molecule has 0 fully saturated rings. The van der Waals surface area contributed by atoms with E-state index in [-0.39, 0.29) is 5.91 Å². The van der Waals surface area contributed by atoms with Gasteiger partial charge in [-0.2, -0.15) is 0 Å². The molecule has 0 saturated heterocycles. The summed E-state index contributed by atoms with van der Waals surface area (Å²) in [6, 6.07) is 14.4. The van der Waals surface area contributed by atoms with Crippen LogP contribution in [-0.4, -0.2) is 45.9 Å². The molecule has 182 valence electrons. The van der Waals surface area contributed by atoms with E-state index in [0.29, 0.717) is 54.0 Å². The van der Waals surface area contributed by atoms with Crippen LogP contribution < -0.4 is 23.8 Å². The summed E-state index contributed by atoms with van der Waals surface area (Å²) in [5.41, 5.74) is 1.30. The van der Waals surface area contributed by atoms with Crippen molar-refractivity contribution in [1.82, 2.24) is 0 Å². The molecule has 2 aromatic carbocycles. The Labute approximate surface area is 207 Å². The first-order valence-electron chi connectivity index (χ1n) is 10.9. The largest absolute Gasteiger partial charge is 0.497 e. The van der Waals surface area contributed by atoms with E-state index in [4.69, 9.17) is 23.7 Å². The Morgan fingerprint density at radius 2 is 1.86 bits per heavy atom. The molecule has 0 unspecified atom stereocenters. The van der Waals surface area contributed by atoms with E-state index in [9.17, 15) is 9.59 Å². The molecule has 0 saturated carbocycles. The van der Waals surface area contributed by atoms with Gasteiger partial charge in [0.2, 0.25) is 0 Å². The number of rotatable bonds is 9. The number of hydrogen-bond acceptors (Lipinski definition) is 8. The van der Waals surface area contributed by atoms with Crippen LogP contribution in [0.4, 0.5) is 5.69 Å². The van der Waals surface area contributed by atoms with Gasteiger partial charge in [0.15, 0.2) is 18.1 Å². The minimum Gasteiger partial charge on any atom is -0.497 e. The number of hydrogen-bond donors (Lipinski definition) is 0. The SMILES string of the molecule is COc1ccc(/C=C/C(=O)OCC(=O)N(Cc2cccs2)c2ccc3c(c2)OCCO3)c(OC)c1. The van der Waals surface area contributed by atoms with Crippen LogP contribution in [0.3, 0.4) is 0 Å². The van der Waals surface area contributed by atoms with Crippen molar-refractivity contribution in [3.63, 3.8) is 0 Å². The summed E-state index contributed by atoms with van der Waals surface area (Å²) in [6.07, 6.45) is 2.82. The highest BCUT2D eigenvalue weighted by molar-refractivity contribution is 7.09. The van der Waals surface area contributed by atoms with Crippen molar-refractivity contribution >= 4 is 35.0 Å². The van der Waals surface area contributed by atoms with E-state index >= 15 is 0 Å². The summed E-state index contributed by atoms with van der Waals surface area (Å²) < 4.78 is 27.0. The van der Waals surface area contributed by atoms with Crippen molar-refractivity contribution in [2.75, 3.05) is 38.9 Å². The summed E-state index contributed by atoms with van der Waals surface area (Å²) in [4.78, 5) is 28.0. The van der Waals surface area contributed by atoms with Gasteiger partial charge in [-0.3, -0.25) is 4.79 Å². The molecule has 35 heavy (non-hydrogen) atoms. The number of thiophene rings is 1. The van der Waals surface area contributed by atoms with Gasteiger partial charge in [-0.1, -0.05) is 6.07 Å². The molecule has 8 nitrogen and oxygen atoms in total. The van der Waals surface area contributed by atoms with Gasteiger partial charge >= 0.3 is 5.97 Å². The van der Waals surface area contributed by atoms with Gasteiger partial charge in [-0.05, 0) is 41.8 Å². The Hall–Kier alpha value is -3.98. The number of nitrogens with zero attached hydrogens (tertiary/aromatic N) is 1. The van der Waals surface area contributed by atoms with Crippen molar-refractivity contribution in [3.8, 4) is 23.0 Å². The zero-order chi connectivity index (χ0) is 24.6. The molecule has 1 amide bonds. The van der Waals surface area contributed by atoms with Gasteiger partial charge in [0.05, 0.1) is 20.8 Å². The fraction of sp³-hybridized carbons (Fsp3) is 0.231. The van der Waals surface area contributed by atoms with Crippen LogP contribution in [0.25, 0.3) is 6.08 Å². The first kappa shape index (κ1) is 24.2. The molecule has 9 heteroatoms. The molecule has 0 bridgehead atoms. The van der Waals surface area contributed by atoms with Crippen LogP contribution in [0.2, 0.25) is 0 Å². The minimum atomic E-state index is -0.644. The van der Waals surface area contributed by atoms with Gasteiger partial charge < -0.3 is 28.6 Å². The van der Waals surface area contributed by atoms with E-state index in [1.54, 1.807) is 54.5 Å². The van der Waals surface area contributed by atoms with Crippen LogP contribution in [0.5, 0.6) is 23.0 Å². The number of esters is 1. The monoisotopic (exact) mass is 495 g/mol. The second-order valence-electron chi connectivity index (χ2n) is 7.44. The molecule has 0 radical (unpaired) electrons. The first-order valence-corrected chi connectivity index (χ1v) is 11.7. The molecule has 3 aromatic rings. The fourth-order valence-corrected chi connectivity index (χ4v) is 4.15. The summed E-state index contributed by atoms with van der Waals surface area (Å²) in [5, 5.41) is 1.94. The molecule has 1 aliphatic heterocycles. The maximum Gasteiger partial charge on any atom is 0.331 e. The smallest absolute Gasteiger partial charge is 0.331 e. The van der Waals surface area contributed by atoms with Gasteiger partial charge in [-0.25, -0.2) is 4.79 Å². The number of anilines is 1. The van der Waals surface area contributed by atoms with Gasteiger partial charge in [0, 0.05) is 34.3 Å². The van der Waals surface area contributed by atoms with Crippen LogP contribution in [0.15, 0.2) is 60.0 Å². The topological polar surface area (TPSA) is 83.5 Å². The van der Waals surface area contributed by atoms with Crippen molar-refractivity contribution < 1.29 is 33.3 Å². The number of fused-ring (bicyclic) bond motifs is 1. The molecule has 1 aromatic heterocycles. The molecule has 0 spiro atoms. The molecular formula is C26H25NO7S. The first-order chi connectivity index (χ1) is 17.1. The van der Waals surface area contributed by atoms with E-state index in [1.165, 1.54) is 24.5 Å². The van der Waals surface area contributed by atoms with E-state index in [2.05, 4.69) is 0 Å². The zero-order valence-corrected chi connectivity index (χ0v) is 20.2. The van der Waals surface area contributed by atoms with Crippen molar-refractivity contribution in [1.29, 1.82) is 0 Å². The quantitative estimate of drug-likeness (QED) is 0.323. The Morgan fingerprint density at radius 3 is 2.60 bits per heavy atom. The number of carbonyl (C=O) groups excluding carboxylic acids is 2. The Kier molecular flexibility index (Phi) is 7.89. The highest BCUT2D eigenvalue weighted by Gasteiger charge is 2.21. The van der Waals surface area contributed by atoms with E-state index in [1.807, 2.05) is 17.5 Å². The Morgan fingerprint density at radius 1 is 1.03 bits per heavy atom. The average molecular weight is 496 g/mol. The molecule has 0 aliphatic carbocycles. The lowest BCUT2D eigenvalue weighted by Gasteiger charge is -2.25. The molecule has 1 aliphatic rings. The van der Waals surface area contributed by atoms with Gasteiger partial charge in [0.25, 0.3) is 5.91 Å². The van der Waals surface area contributed by atoms with Crippen LogP contribution in [-0.2, 0) is 20.9 Å². The fourth-order valence-electron chi connectivity index (χ4n) is 3.45. The number of methoxy groups -OCH3 is 2. The summed E-state index contributed by atoms with van der Waals surface area (Å²) in [7, 11) is 3.09. The van der Waals surface area contributed by atoms with E-state index < -0.39 is 12.6 Å². The average Bonchev–Trinajstić information content (AvgIpc) is 3.42. The highest BCUT2D eigenvalue weighted by Crippen LogP contribution is 2.35. The van der Waals surface area contributed by atoms with Crippen molar-refractivity contribution in [2.45, 2.75) is 6.54 Å². The number of benzene rings is 2. The third kappa shape index (κ3) is 6.13. The maximum atomic E-state index is 13.1. The minimum absolute atomic E-state index is 0.340. The lowest BCUT2D eigenvalue weighted by molar-refractivity contribution is -0.142. The highest BCUT2D eigenvalue weighted by atomic mass is 32.1. The van der Waals surface area contributed by atoms with E-state index in [0.717, 1.165) is 4.88 Å². The molecule has 0 N–H and O–H groups in total. The normalized spacial score (nSPS) is 12.3. The summed E-state index contributed by atoms with van der Waals surface area (Å²) >= 11 is 1.54. The van der Waals surface area contributed by atoms with Crippen molar-refractivity contribution in [2.24, 2.45) is 0 Å². The number of carbonyl (C=O) groups is 2. The number of amides is 1. The molecule has 0 atom stereocenters. The Bertz CT molecular complexity index is 1210. The van der Waals surface area contributed by atoms with Gasteiger partial charge in [0.1, 0.15) is 24.7 Å². The Balaban J connectivity index is 1.44. The predicted molar refractivity (Wildman–Crippen MR) is 132 cm³/mol. The lowest BCUT2D eigenvalue weighted by atomic mass is 10.2. The molecular weight excluding hydrogens is 470 g/mol. The molecule has 4 rings (SSSR count). The summed E-state index contributed by atoms with van der Waals surface area (Å²) in [5.74, 6) is 1.39. The second-order valence-corrected chi connectivity index (χ2v) is 8.47. The van der Waals surface area contributed by atoms with Crippen molar-refractivity contribution in [3.05, 3.63) is 70.4 Å². The van der Waals surface area contributed by atoms with Gasteiger partial charge in [-0.15, -0.1) is 11.3 Å². The summed E-state index contributed by atoms with van der Waals surface area (Å²) in [6.45, 7) is 0.851. The predicted octanol–water partition coefficient (Wildman–Crippen LogP) is 4.33. The van der Waals surface area contributed by atoms with Crippen LogP contribution in [0.1, 0.15) is 10.4 Å². The third-order valence-electron chi connectivity index (χ3n) is 5.21. The second kappa shape index (κ2) is 11.4. The zero-order valence-electron chi connectivity index (χ0n) is 19.4. The molecule has 2 heterocycles. The standard InChI is InChI=1S/C26H25NO7S/c1-30-20-8-5-18(23(15-20)31-2)6-10-26(29)34-17-25(28)27(16-21-4-3-13-35-21)19-7-9-22-24(14-19)33-12-11-32-22/h3-10,13-15H,11-12,16-17H2,1-2H3/b10-6+. The lowest BCUT2D eigenvalue weighted by Crippen LogP contribution is -2.34. The van der Waals surface area contributed by atoms with Crippen LogP contribution >= 0.6 is 11.3 Å². The number of ether oxygens (including phenoxy) is 5. The third-order valence-corrected chi connectivity index (χ3v) is 6.07. The van der Waals surface area contributed by atoms with Crippen LogP contribution in [0, 0.1) is 0 Å². The maximum absolute atomic E-state index is 13.1.